The van der Waals surface area contributed by atoms with E-state index in [1.54, 1.807) is 0 Å². The number of piperidine rings is 1. The Hall–Kier alpha value is -0.690. The molecule has 0 aromatic heterocycles. The minimum absolute atomic E-state index is 0.107. The van der Waals surface area contributed by atoms with Crippen LogP contribution in [0.2, 0.25) is 0 Å². The highest BCUT2D eigenvalue weighted by atomic mass is 16.3. The molecule has 0 aliphatic carbocycles. The average molecular weight is 272 g/mol. The van der Waals surface area contributed by atoms with Crippen LogP contribution in [0.4, 0.5) is 0 Å². The molecule has 19 heavy (non-hydrogen) atoms. The van der Waals surface area contributed by atoms with E-state index in [0.29, 0.717) is 25.9 Å². The molecule has 2 aliphatic rings. The summed E-state index contributed by atoms with van der Waals surface area (Å²) in [5.74, 6) is 0.149. The summed E-state index contributed by atoms with van der Waals surface area (Å²) in [5, 5.41) is 32.7. The highest BCUT2D eigenvalue weighted by Crippen LogP contribution is 2.28. The lowest BCUT2D eigenvalue weighted by atomic mass is 9.91. The van der Waals surface area contributed by atoms with Gasteiger partial charge in [-0.3, -0.25) is 9.69 Å². The van der Waals surface area contributed by atoms with Crippen LogP contribution in [-0.2, 0) is 4.79 Å². The van der Waals surface area contributed by atoms with Gasteiger partial charge >= 0.3 is 0 Å². The molecule has 1 amide bonds. The lowest BCUT2D eigenvalue weighted by molar-refractivity contribution is -0.130. The van der Waals surface area contributed by atoms with Crippen LogP contribution in [0.25, 0.3) is 0 Å². The summed E-state index contributed by atoms with van der Waals surface area (Å²) in [7, 11) is 0. The van der Waals surface area contributed by atoms with E-state index in [4.69, 9.17) is 0 Å². The van der Waals surface area contributed by atoms with Gasteiger partial charge in [-0.15, -0.1) is 0 Å². The van der Waals surface area contributed by atoms with Gasteiger partial charge in [-0.05, 0) is 12.3 Å². The summed E-state index contributed by atoms with van der Waals surface area (Å²) in [6.45, 7) is 5.08. The van der Waals surface area contributed by atoms with Gasteiger partial charge in [0, 0.05) is 19.5 Å². The molecule has 4 N–H and O–H groups in total. The third-order valence-electron chi connectivity index (χ3n) is 4.01. The Morgan fingerprint density at radius 3 is 2.63 bits per heavy atom. The Labute approximate surface area is 113 Å². The number of aliphatic hydroxyl groups is 3. The van der Waals surface area contributed by atoms with Gasteiger partial charge in [0.25, 0.3) is 0 Å². The molecule has 2 rings (SSSR count). The highest BCUT2D eigenvalue weighted by Gasteiger charge is 2.48. The first-order valence-electron chi connectivity index (χ1n) is 6.97. The van der Waals surface area contributed by atoms with E-state index < -0.39 is 30.4 Å². The molecule has 110 valence electrons. The topological polar surface area (TPSA) is 93.0 Å². The molecule has 2 saturated heterocycles. The van der Waals surface area contributed by atoms with Crippen LogP contribution in [0, 0.1) is 5.92 Å². The zero-order valence-corrected chi connectivity index (χ0v) is 11.5. The number of hydrogen-bond donors (Lipinski definition) is 4. The van der Waals surface area contributed by atoms with Crippen molar-refractivity contribution in [1.29, 1.82) is 0 Å². The van der Waals surface area contributed by atoms with E-state index >= 15 is 0 Å². The third kappa shape index (κ3) is 3.08. The van der Waals surface area contributed by atoms with Crippen molar-refractivity contribution in [2.75, 3.05) is 13.1 Å². The van der Waals surface area contributed by atoms with Crippen LogP contribution in [0.3, 0.4) is 0 Å². The molecule has 1 unspecified atom stereocenters. The normalized spacial score (nSPS) is 39.4. The molecule has 5 atom stereocenters. The summed E-state index contributed by atoms with van der Waals surface area (Å²) in [6, 6.07) is -0.879. The second-order valence-electron chi connectivity index (χ2n) is 6.09. The van der Waals surface area contributed by atoms with Crippen LogP contribution >= 0.6 is 0 Å². The van der Waals surface area contributed by atoms with Gasteiger partial charge in [-0.25, -0.2) is 0 Å². The first-order valence-corrected chi connectivity index (χ1v) is 6.97. The molecule has 0 aromatic carbocycles. The van der Waals surface area contributed by atoms with Crippen molar-refractivity contribution < 1.29 is 20.1 Å². The number of fused-ring (bicyclic) bond motifs is 1. The van der Waals surface area contributed by atoms with Gasteiger partial charge in [-0.2, -0.15) is 0 Å². The van der Waals surface area contributed by atoms with Crippen LogP contribution in [0.5, 0.6) is 0 Å². The number of carbonyl (C=O) groups is 1. The molecular formula is C13H24N2O4. The lowest BCUT2D eigenvalue weighted by Gasteiger charge is -2.43. The van der Waals surface area contributed by atoms with Gasteiger partial charge in [0.2, 0.25) is 5.91 Å². The minimum Gasteiger partial charge on any atom is -0.391 e. The number of amides is 1. The number of carbonyl (C=O) groups excluding carboxylic acids is 1. The predicted molar refractivity (Wildman–Crippen MR) is 69.4 cm³/mol. The van der Waals surface area contributed by atoms with E-state index in [-0.39, 0.29) is 11.8 Å². The summed E-state index contributed by atoms with van der Waals surface area (Å²) in [6.07, 6.45) is -1.63. The van der Waals surface area contributed by atoms with E-state index in [1.165, 1.54) is 0 Å². The zero-order valence-electron chi connectivity index (χ0n) is 11.5. The van der Waals surface area contributed by atoms with Crippen LogP contribution < -0.4 is 5.32 Å². The third-order valence-corrected chi connectivity index (χ3v) is 4.01. The monoisotopic (exact) mass is 272 g/mol. The van der Waals surface area contributed by atoms with E-state index in [0.717, 1.165) is 0 Å². The Kier molecular flexibility index (Phi) is 4.45. The van der Waals surface area contributed by atoms with E-state index in [1.807, 2.05) is 18.7 Å². The van der Waals surface area contributed by atoms with Crippen molar-refractivity contribution in [3.05, 3.63) is 0 Å². The Morgan fingerprint density at radius 1 is 1.32 bits per heavy atom. The van der Waals surface area contributed by atoms with Gasteiger partial charge in [-0.1, -0.05) is 13.8 Å². The maximum absolute atomic E-state index is 11.8. The zero-order chi connectivity index (χ0) is 14.2. The van der Waals surface area contributed by atoms with Crippen molar-refractivity contribution in [2.45, 2.75) is 57.1 Å². The number of aliphatic hydroxyl groups excluding tert-OH is 3. The van der Waals surface area contributed by atoms with Crippen molar-refractivity contribution in [2.24, 2.45) is 5.92 Å². The summed E-state index contributed by atoms with van der Waals surface area (Å²) in [5.41, 5.74) is 0. The molecule has 0 aromatic rings. The second-order valence-corrected chi connectivity index (χ2v) is 6.09. The average Bonchev–Trinajstić information content (AvgIpc) is 2.66. The lowest BCUT2D eigenvalue weighted by Crippen LogP contribution is -2.65. The number of nitrogens with zero attached hydrogens (tertiary/aromatic N) is 1. The fraction of sp³-hybridized carbons (Fsp3) is 0.923. The molecule has 0 saturated carbocycles. The number of hydrogen-bond acceptors (Lipinski definition) is 5. The molecule has 0 bridgehead atoms. The fourth-order valence-corrected chi connectivity index (χ4v) is 3.09. The molecule has 6 heteroatoms. The second kappa shape index (κ2) is 5.75. The van der Waals surface area contributed by atoms with E-state index in [9.17, 15) is 20.1 Å². The van der Waals surface area contributed by atoms with Gasteiger partial charge in [0.15, 0.2) is 0 Å². The molecular weight excluding hydrogens is 248 g/mol. The summed E-state index contributed by atoms with van der Waals surface area (Å²) < 4.78 is 0. The van der Waals surface area contributed by atoms with Gasteiger partial charge in [0.05, 0.1) is 24.3 Å². The minimum atomic E-state index is -1.02. The van der Waals surface area contributed by atoms with Gasteiger partial charge in [0.1, 0.15) is 6.10 Å². The van der Waals surface area contributed by atoms with Gasteiger partial charge < -0.3 is 20.6 Å². The maximum atomic E-state index is 11.8. The Morgan fingerprint density at radius 2 is 2.00 bits per heavy atom. The Balaban J connectivity index is 1.98. The smallest absolute Gasteiger partial charge is 0.220 e. The first-order chi connectivity index (χ1) is 8.90. The molecule has 0 radical (unpaired) electrons. The molecule has 6 nitrogen and oxygen atoms in total. The maximum Gasteiger partial charge on any atom is 0.220 e. The predicted octanol–water partition coefficient (Wildman–Crippen LogP) is -1.31. The van der Waals surface area contributed by atoms with Crippen molar-refractivity contribution in [3.8, 4) is 0 Å². The van der Waals surface area contributed by atoms with E-state index in [2.05, 4.69) is 5.32 Å². The largest absolute Gasteiger partial charge is 0.391 e. The quantitative estimate of drug-likeness (QED) is 0.512. The molecule has 0 spiro atoms. The number of nitrogens with one attached hydrogen (secondary N) is 1. The fourth-order valence-electron chi connectivity index (χ4n) is 3.09. The van der Waals surface area contributed by atoms with Crippen LogP contribution in [-0.4, -0.2) is 69.6 Å². The number of rotatable bonds is 3. The highest BCUT2D eigenvalue weighted by molar-refractivity contribution is 5.76. The summed E-state index contributed by atoms with van der Waals surface area (Å²) in [4.78, 5) is 13.7. The van der Waals surface area contributed by atoms with Crippen molar-refractivity contribution >= 4 is 5.91 Å². The van der Waals surface area contributed by atoms with Crippen molar-refractivity contribution in [1.82, 2.24) is 10.2 Å². The first kappa shape index (κ1) is 14.7. The molecule has 2 fully saturated rings. The SMILES string of the molecule is CC(C)CC(=O)N[C@H]1CN2CC[C@H](O)C2[C@@H](O)[C@@H]1O. The van der Waals surface area contributed by atoms with Crippen LogP contribution in [0.15, 0.2) is 0 Å². The Bertz CT molecular complexity index is 337. The van der Waals surface area contributed by atoms with Crippen molar-refractivity contribution in [3.63, 3.8) is 0 Å². The molecule has 2 heterocycles. The molecule has 2 aliphatic heterocycles. The summed E-state index contributed by atoms with van der Waals surface area (Å²) >= 11 is 0. The van der Waals surface area contributed by atoms with Crippen LogP contribution in [0.1, 0.15) is 26.7 Å². The standard InChI is InChI=1S/C13H24N2O4/c1-7(2)5-10(17)14-8-6-15-4-3-9(16)11(15)13(19)12(8)18/h7-9,11-13,16,18-19H,3-6H2,1-2H3,(H,14,17)/t8-,9-,11?,12+,13+/m0/s1.